The largest absolute Gasteiger partial charge is 0.507 e. The fraction of sp³-hybridized carbons (Fsp3) is 0.0500. The number of benzene rings is 9. The summed E-state index contributed by atoms with van der Waals surface area (Å²) in [4.78, 5) is 5.45. The molecule has 2 N–H and O–H groups in total. The Morgan fingerprint density at radius 3 is 1.41 bits per heavy atom. The molecule has 1 unspecified atom stereocenters. The van der Waals surface area contributed by atoms with Crippen LogP contribution in [0, 0.1) is 0 Å². The van der Waals surface area contributed by atoms with Crippen molar-refractivity contribution >= 4 is 11.4 Å². The summed E-state index contributed by atoms with van der Waals surface area (Å²) >= 11 is 0. The molecule has 1 aliphatic heterocycles. The Balaban J connectivity index is 1.12. The Morgan fingerprint density at radius 2 is 0.825 bits per heavy atom. The predicted molar refractivity (Wildman–Crippen MR) is 255 cm³/mol. The van der Waals surface area contributed by atoms with Crippen LogP contribution in [0.1, 0.15) is 67.4 Å². The van der Waals surface area contributed by atoms with Crippen molar-refractivity contribution in [1.29, 1.82) is 0 Å². The molecule has 296 valence electrons. The average Bonchev–Trinajstić information content (AvgIpc) is 3.82. The zero-order chi connectivity index (χ0) is 41.7. The Hall–Kier alpha value is -8.01. The molecule has 3 heteroatoms. The minimum Gasteiger partial charge on any atom is -0.507 e. The maximum absolute atomic E-state index is 13.2. The van der Waals surface area contributed by atoms with Gasteiger partial charge in [0, 0.05) is 16.8 Å². The van der Waals surface area contributed by atoms with Crippen LogP contribution in [0.15, 0.2) is 229 Å². The summed E-state index contributed by atoms with van der Waals surface area (Å²) in [5.74, 6) is 0.304. The average molecular weight is 805 g/mol. The summed E-state index contributed by atoms with van der Waals surface area (Å²) in [6.45, 7) is 0. The van der Waals surface area contributed by atoms with E-state index >= 15 is 0 Å². The van der Waals surface area contributed by atoms with Crippen molar-refractivity contribution < 1.29 is 5.11 Å². The number of hydrogen-bond donors (Lipinski definition) is 2. The molecule has 3 aliphatic carbocycles. The van der Waals surface area contributed by atoms with Gasteiger partial charge in [-0.15, -0.1) is 0 Å². The number of nitrogens with one attached hydrogen (secondary N) is 1. The quantitative estimate of drug-likeness (QED) is 0.186. The highest BCUT2D eigenvalue weighted by Gasteiger charge is 2.60. The molecule has 0 bridgehead atoms. The lowest BCUT2D eigenvalue weighted by Gasteiger charge is -2.49. The van der Waals surface area contributed by atoms with Crippen LogP contribution in [0.4, 0.5) is 0 Å². The zero-order valence-corrected chi connectivity index (χ0v) is 34.3. The van der Waals surface area contributed by atoms with E-state index in [0.29, 0.717) is 5.75 Å². The number of hydrogen-bond acceptors (Lipinski definition) is 3. The summed E-state index contributed by atoms with van der Waals surface area (Å²) in [6, 6.07) is 78.5. The first-order chi connectivity index (χ1) is 31.2. The second kappa shape index (κ2) is 13.5. The highest BCUT2D eigenvalue weighted by atomic mass is 16.3. The number of fused-ring (bicyclic) bond motifs is 16. The van der Waals surface area contributed by atoms with E-state index in [1.165, 1.54) is 44.5 Å². The van der Waals surface area contributed by atoms with E-state index in [-0.39, 0.29) is 6.17 Å². The zero-order valence-electron chi connectivity index (χ0n) is 34.3. The second-order valence-corrected chi connectivity index (χ2v) is 17.1. The maximum Gasteiger partial charge on any atom is 0.145 e. The van der Waals surface area contributed by atoms with E-state index in [1.54, 1.807) is 0 Å². The molecule has 0 amide bonds. The second-order valence-electron chi connectivity index (χ2n) is 17.1. The lowest BCUT2D eigenvalue weighted by atomic mass is 9.52. The Bertz CT molecular complexity index is 3290. The van der Waals surface area contributed by atoms with E-state index in [2.05, 4.69) is 206 Å². The van der Waals surface area contributed by atoms with Gasteiger partial charge in [0.1, 0.15) is 11.9 Å². The first-order valence-electron chi connectivity index (χ1n) is 21.8. The van der Waals surface area contributed by atoms with Crippen LogP contribution < -0.4 is 5.32 Å². The van der Waals surface area contributed by atoms with Crippen molar-refractivity contribution in [2.24, 2.45) is 4.99 Å². The molecule has 1 atom stereocenters. The molecule has 0 fully saturated rings. The molecule has 0 saturated heterocycles. The number of nitrogens with zero attached hydrogens (tertiary/aromatic N) is 1. The molecule has 2 spiro atoms. The molecule has 0 radical (unpaired) electrons. The molecule has 4 aliphatic rings. The van der Waals surface area contributed by atoms with Crippen LogP contribution in [0.3, 0.4) is 0 Å². The summed E-state index contributed by atoms with van der Waals surface area (Å²) in [5.41, 5.74) is 19.6. The molecular formula is C60H40N2O. The lowest BCUT2D eigenvalue weighted by molar-refractivity contribution is 0.462. The van der Waals surface area contributed by atoms with Crippen LogP contribution in [0.25, 0.3) is 39.1 Å². The van der Waals surface area contributed by atoms with Crippen molar-refractivity contribution in [2.45, 2.75) is 17.0 Å². The van der Waals surface area contributed by atoms with E-state index in [1.807, 2.05) is 24.3 Å². The van der Waals surface area contributed by atoms with Gasteiger partial charge in [0.05, 0.1) is 16.5 Å². The number of aromatic hydroxyl groups is 1. The summed E-state index contributed by atoms with van der Waals surface area (Å²) in [7, 11) is 0. The van der Waals surface area contributed by atoms with Crippen LogP contribution >= 0.6 is 0 Å². The molecule has 1 heterocycles. The molecule has 0 aromatic heterocycles. The van der Waals surface area contributed by atoms with E-state index < -0.39 is 10.8 Å². The third-order valence-corrected chi connectivity index (χ3v) is 14.1. The summed E-state index contributed by atoms with van der Waals surface area (Å²) < 4.78 is 0. The van der Waals surface area contributed by atoms with Crippen LogP contribution in [-0.4, -0.2) is 10.8 Å². The third kappa shape index (κ3) is 4.82. The van der Waals surface area contributed by atoms with E-state index in [9.17, 15) is 5.11 Å². The standard InChI is InChI=1S/C60H40N2O/c63-57-42(38-18-4-1-5-19-38)34-35-46-45-33-32-41(58-61-54(39-20-6-2-7-21-39)37-55(62-58)40-22-8-3-9-23-40)36-53(45)60(56(46)57)51-30-16-14-28-49(51)59(50-29-15-17-31-52(50)60)47-26-12-10-24-43(47)44-25-11-13-27-48(44)59/h1-37,58,61,63H. The van der Waals surface area contributed by atoms with Gasteiger partial charge in [-0.25, -0.2) is 0 Å². The van der Waals surface area contributed by atoms with Gasteiger partial charge < -0.3 is 10.4 Å². The van der Waals surface area contributed by atoms with E-state index in [4.69, 9.17) is 4.99 Å². The fourth-order valence-corrected chi connectivity index (χ4v) is 11.6. The molecule has 3 nitrogen and oxygen atoms in total. The van der Waals surface area contributed by atoms with Gasteiger partial charge in [-0.05, 0) is 95.6 Å². The number of aliphatic imine (C=N–C) groups is 1. The highest BCUT2D eigenvalue weighted by molar-refractivity contribution is 6.13. The van der Waals surface area contributed by atoms with Crippen molar-refractivity contribution in [2.75, 3.05) is 0 Å². The highest BCUT2D eigenvalue weighted by Crippen LogP contribution is 2.69. The Morgan fingerprint density at radius 1 is 0.381 bits per heavy atom. The van der Waals surface area contributed by atoms with Crippen molar-refractivity contribution in [3.8, 4) is 39.1 Å². The van der Waals surface area contributed by atoms with Crippen molar-refractivity contribution in [3.63, 3.8) is 0 Å². The molecule has 13 rings (SSSR count). The predicted octanol–water partition coefficient (Wildman–Crippen LogP) is 13.2. The topological polar surface area (TPSA) is 44.6 Å². The van der Waals surface area contributed by atoms with E-state index in [0.717, 1.165) is 61.5 Å². The molecule has 9 aromatic rings. The van der Waals surface area contributed by atoms with Gasteiger partial charge in [0.2, 0.25) is 0 Å². The molecule has 63 heavy (non-hydrogen) atoms. The summed E-state index contributed by atoms with van der Waals surface area (Å²) in [6.07, 6.45) is 1.79. The smallest absolute Gasteiger partial charge is 0.145 e. The first kappa shape index (κ1) is 35.7. The van der Waals surface area contributed by atoms with Crippen molar-refractivity contribution in [3.05, 3.63) is 286 Å². The molecular weight excluding hydrogens is 765 g/mol. The minimum atomic E-state index is -0.890. The van der Waals surface area contributed by atoms with Gasteiger partial charge in [0.15, 0.2) is 0 Å². The maximum atomic E-state index is 13.2. The van der Waals surface area contributed by atoms with Gasteiger partial charge in [0.25, 0.3) is 0 Å². The Labute approximate surface area is 367 Å². The number of rotatable bonds is 4. The van der Waals surface area contributed by atoms with Gasteiger partial charge in [-0.2, -0.15) is 0 Å². The normalized spacial score (nSPS) is 16.4. The number of allylic oxidation sites excluding steroid dienone is 1. The fourth-order valence-electron chi connectivity index (χ4n) is 11.6. The summed E-state index contributed by atoms with van der Waals surface area (Å²) in [5, 5.41) is 17.0. The van der Waals surface area contributed by atoms with Gasteiger partial charge in [-0.3, -0.25) is 4.99 Å². The monoisotopic (exact) mass is 804 g/mol. The van der Waals surface area contributed by atoms with Gasteiger partial charge in [-0.1, -0.05) is 212 Å². The van der Waals surface area contributed by atoms with Crippen LogP contribution in [-0.2, 0) is 10.8 Å². The first-order valence-corrected chi connectivity index (χ1v) is 21.8. The van der Waals surface area contributed by atoms with Crippen molar-refractivity contribution in [1.82, 2.24) is 5.32 Å². The molecule has 0 saturated carbocycles. The van der Waals surface area contributed by atoms with Gasteiger partial charge >= 0.3 is 0 Å². The molecule has 9 aromatic carbocycles. The lowest BCUT2D eigenvalue weighted by Crippen LogP contribution is -2.43. The third-order valence-electron chi connectivity index (χ3n) is 14.1. The number of phenols is 1. The van der Waals surface area contributed by atoms with Crippen LogP contribution in [0.2, 0.25) is 0 Å². The van der Waals surface area contributed by atoms with Crippen LogP contribution in [0.5, 0.6) is 5.75 Å². The Kier molecular flexibility index (Phi) is 7.65. The SMILES string of the molecule is Oc1c(-c2ccccc2)ccc2c1C1(c3cc(C4N=C(c5ccccc5)C=C(c5ccccc5)N4)ccc3-2)c2ccccc2C2(c3ccccc3-c3ccccc32)c2ccccc21. The number of phenolic OH excluding ortho intramolecular Hbond substituents is 1. The minimum absolute atomic E-state index is 0.304.